The number of amides is 1. The minimum Gasteiger partial charge on any atom is -0.349 e. The van der Waals surface area contributed by atoms with Crippen molar-refractivity contribution in [2.24, 2.45) is 11.8 Å². The summed E-state index contributed by atoms with van der Waals surface area (Å²) < 4.78 is 1.64. The quantitative estimate of drug-likeness (QED) is 0.610. The number of carbonyl (C=O) groups excluding carboxylic acids is 2. The zero-order valence-electron chi connectivity index (χ0n) is 15.4. The molecule has 138 valence electrons. The van der Waals surface area contributed by atoms with Gasteiger partial charge in [-0.25, -0.2) is 0 Å². The van der Waals surface area contributed by atoms with E-state index in [4.69, 9.17) is 0 Å². The summed E-state index contributed by atoms with van der Waals surface area (Å²) in [6.45, 7) is 8.19. The molecular formula is C20H26N4O2. The number of nitrogens with one attached hydrogen (secondary N) is 1. The predicted molar refractivity (Wildman–Crippen MR) is 99.6 cm³/mol. The molecule has 26 heavy (non-hydrogen) atoms. The lowest BCUT2D eigenvalue weighted by Crippen LogP contribution is -2.36. The van der Waals surface area contributed by atoms with Crippen molar-refractivity contribution in [3.63, 3.8) is 0 Å². The van der Waals surface area contributed by atoms with Gasteiger partial charge in [-0.3, -0.25) is 19.2 Å². The summed E-state index contributed by atoms with van der Waals surface area (Å²) in [6.07, 6.45) is 3.06. The van der Waals surface area contributed by atoms with Crippen LogP contribution in [0.4, 0.5) is 0 Å². The summed E-state index contributed by atoms with van der Waals surface area (Å²) in [4.78, 5) is 26.8. The van der Waals surface area contributed by atoms with E-state index >= 15 is 0 Å². The number of aromatic nitrogens is 2. The van der Waals surface area contributed by atoms with Gasteiger partial charge in [-0.1, -0.05) is 37.3 Å². The number of nitrogens with zero attached hydrogens (tertiary/aromatic N) is 3. The van der Waals surface area contributed by atoms with E-state index in [0.717, 1.165) is 19.6 Å². The van der Waals surface area contributed by atoms with Crippen LogP contribution in [-0.4, -0.2) is 46.0 Å². The Balaban J connectivity index is 1.49. The van der Waals surface area contributed by atoms with Crippen LogP contribution >= 0.6 is 0 Å². The summed E-state index contributed by atoms with van der Waals surface area (Å²) >= 11 is 0. The molecule has 1 aliphatic rings. The Kier molecular flexibility index (Phi) is 5.83. The van der Waals surface area contributed by atoms with Gasteiger partial charge in [0.25, 0.3) is 11.7 Å². The highest BCUT2D eigenvalue weighted by Gasteiger charge is 2.30. The molecular weight excluding hydrogens is 328 g/mol. The van der Waals surface area contributed by atoms with Gasteiger partial charge in [0, 0.05) is 38.9 Å². The first-order valence-electron chi connectivity index (χ1n) is 9.18. The standard InChI is InChI=1S/C20H26N4O2/c1-3-24-14-18(10-22-24)19(25)20(26)21-9-17-13-23(11-15(17)2)12-16-7-5-4-6-8-16/h4-8,10,14-15,17H,3,9,11-13H2,1-2H3,(H,21,26). The molecule has 1 aromatic carbocycles. The summed E-state index contributed by atoms with van der Waals surface area (Å²) in [5.41, 5.74) is 1.64. The van der Waals surface area contributed by atoms with E-state index in [9.17, 15) is 9.59 Å². The molecule has 0 aliphatic carbocycles. The third kappa shape index (κ3) is 4.38. The van der Waals surface area contributed by atoms with Gasteiger partial charge in [0.05, 0.1) is 11.8 Å². The van der Waals surface area contributed by atoms with Gasteiger partial charge in [0.2, 0.25) is 0 Å². The van der Waals surface area contributed by atoms with Crippen LogP contribution in [0.2, 0.25) is 0 Å². The van der Waals surface area contributed by atoms with Crippen molar-refractivity contribution in [3.05, 3.63) is 53.9 Å². The Morgan fingerprint density at radius 1 is 1.23 bits per heavy atom. The number of hydrogen-bond donors (Lipinski definition) is 1. The van der Waals surface area contributed by atoms with E-state index < -0.39 is 11.7 Å². The molecule has 1 saturated heterocycles. The first-order chi connectivity index (χ1) is 12.6. The third-order valence-corrected chi connectivity index (χ3v) is 5.04. The van der Waals surface area contributed by atoms with Crippen molar-refractivity contribution in [2.75, 3.05) is 19.6 Å². The fourth-order valence-corrected chi connectivity index (χ4v) is 3.47. The van der Waals surface area contributed by atoms with E-state index in [1.165, 1.54) is 11.8 Å². The van der Waals surface area contributed by atoms with Crippen LogP contribution in [0.1, 0.15) is 29.8 Å². The first kappa shape index (κ1) is 18.3. The zero-order chi connectivity index (χ0) is 18.5. The highest BCUT2D eigenvalue weighted by Crippen LogP contribution is 2.24. The average Bonchev–Trinajstić information content (AvgIpc) is 3.26. The number of benzene rings is 1. The lowest BCUT2D eigenvalue weighted by molar-refractivity contribution is -0.117. The maximum atomic E-state index is 12.2. The lowest BCUT2D eigenvalue weighted by atomic mass is 9.98. The van der Waals surface area contributed by atoms with E-state index in [0.29, 0.717) is 30.5 Å². The van der Waals surface area contributed by atoms with Crippen molar-refractivity contribution in [2.45, 2.75) is 26.9 Å². The van der Waals surface area contributed by atoms with Crippen LogP contribution in [0.3, 0.4) is 0 Å². The maximum absolute atomic E-state index is 12.2. The predicted octanol–water partition coefficient (Wildman–Crippen LogP) is 1.97. The van der Waals surface area contributed by atoms with Crippen LogP contribution in [0, 0.1) is 11.8 Å². The third-order valence-electron chi connectivity index (χ3n) is 5.04. The van der Waals surface area contributed by atoms with Crippen molar-refractivity contribution in [1.82, 2.24) is 20.0 Å². The maximum Gasteiger partial charge on any atom is 0.292 e. The molecule has 0 radical (unpaired) electrons. The molecule has 1 amide bonds. The molecule has 0 bridgehead atoms. The number of likely N-dealkylation sites (tertiary alicyclic amines) is 1. The molecule has 0 spiro atoms. The van der Waals surface area contributed by atoms with Crippen LogP contribution < -0.4 is 5.32 Å². The molecule has 2 aromatic rings. The highest BCUT2D eigenvalue weighted by atomic mass is 16.2. The van der Waals surface area contributed by atoms with E-state index in [-0.39, 0.29) is 0 Å². The first-order valence-corrected chi connectivity index (χ1v) is 9.18. The molecule has 6 nitrogen and oxygen atoms in total. The highest BCUT2D eigenvalue weighted by molar-refractivity contribution is 6.42. The van der Waals surface area contributed by atoms with Crippen LogP contribution in [0.5, 0.6) is 0 Å². The van der Waals surface area contributed by atoms with Gasteiger partial charge < -0.3 is 5.32 Å². The Hall–Kier alpha value is -2.47. The Bertz CT molecular complexity index is 756. The molecule has 2 atom stereocenters. The van der Waals surface area contributed by atoms with Gasteiger partial charge in [0.1, 0.15) is 0 Å². The minimum atomic E-state index is -0.547. The minimum absolute atomic E-state index is 0.342. The van der Waals surface area contributed by atoms with Gasteiger partial charge in [-0.15, -0.1) is 0 Å². The summed E-state index contributed by atoms with van der Waals surface area (Å²) in [5, 5.41) is 6.86. The van der Waals surface area contributed by atoms with Crippen molar-refractivity contribution >= 4 is 11.7 Å². The topological polar surface area (TPSA) is 67.2 Å². The van der Waals surface area contributed by atoms with Gasteiger partial charge in [-0.05, 0) is 24.3 Å². The Labute approximate surface area is 154 Å². The average molecular weight is 354 g/mol. The fourth-order valence-electron chi connectivity index (χ4n) is 3.47. The summed E-state index contributed by atoms with van der Waals surface area (Å²) in [7, 11) is 0. The Morgan fingerprint density at radius 2 is 2.00 bits per heavy atom. The molecule has 1 aliphatic heterocycles. The molecule has 0 saturated carbocycles. The smallest absolute Gasteiger partial charge is 0.292 e. The second kappa shape index (κ2) is 8.27. The fraction of sp³-hybridized carbons (Fsp3) is 0.450. The van der Waals surface area contributed by atoms with Crippen molar-refractivity contribution in [3.8, 4) is 0 Å². The Morgan fingerprint density at radius 3 is 2.69 bits per heavy atom. The van der Waals surface area contributed by atoms with E-state index in [1.54, 1.807) is 10.9 Å². The normalized spacial score (nSPS) is 20.2. The number of aryl methyl sites for hydroxylation is 1. The molecule has 1 fully saturated rings. The van der Waals surface area contributed by atoms with E-state index in [1.807, 2.05) is 13.0 Å². The van der Waals surface area contributed by atoms with Gasteiger partial charge in [-0.2, -0.15) is 5.10 Å². The lowest BCUT2D eigenvalue weighted by Gasteiger charge is -2.16. The molecule has 1 aromatic heterocycles. The van der Waals surface area contributed by atoms with Crippen molar-refractivity contribution in [1.29, 1.82) is 0 Å². The molecule has 1 N–H and O–H groups in total. The van der Waals surface area contributed by atoms with Crippen molar-refractivity contribution < 1.29 is 9.59 Å². The summed E-state index contributed by atoms with van der Waals surface area (Å²) in [5.74, 6) is -0.225. The zero-order valence-corrected chi connectivity index (χ0v) is 15.4. The number of ketones is 1. The largest absolute Gasteiger partial charge is 0.349 e. The van der Waals surface area contributed by atoms with Crippen LogP contribution in [0.15, 0.2) is 42.7 Å². The molecule has 6 heteroatoms. The number of carbonyl (C=O) groups is 2. The number of rotatable bonds is 7. The van der Waals surface area contributed by atoms with E-state index in [2.05, 4.69) is 46.5 Å². The SMILES string of the molecule is CCn1cc(C(=O)C(=O)NCC2CN(Cc3ccccc3)CC2C)cn1. The van der Waals surface area contributed by atoms with Gasteiger partial charge >= 0.3 is 0 Å². The van der Waals surface area contributed by atoms with Gasteiger partial charge in [0.15, 0.2) is 0 Å². The summed E-state index contributed by atoms with van der Waals surface area (Å²) in [6, 6.07) is 10.4. The number of hydrogen-bond acceptors (Lipinski definition) is 4. The monoisotopic (exact) mass is 354 g/mol. The van der Waals surface area contributed by atoms with Crippen LogP contribution in [-0.2, 0) is 17.9 Å². The molecule has 2 heterocycles. The molecule has 3 rings (SSSR count). The van der Waals surface area contributed by atoms with Crippen LogP contribution in [0.25, 0.3) is 0 Å². The number of Topliss-reactive ketones (excluding diaryl/α,β-unsaturated/α-hetero) is 1. The second-order valence-electron chi connectivity index (χ2n) is 7.04. The second-order valence-corrected chi connectivity index (χ2v) is 7.04. The molecule has 2 unspecified atom stereocenters.